The van der Waals surface area contributed by atoms with Crippen LogP contribution >= 0.6 is 0 Å². The highest BCUT2D eigenvalue weighted by molar-refractivity contribution is 5.40. The highest BCUT2D eigenvalue weighted by atomic mass is 16.3. The van der Waals surface area contributed by atoms with Gasteiger partial charge in [-0.15, -0.1) is 0 Å². The molecule has 0 bridgehead atoms. The molecule has 0 saturated carbocycles. The quantitative estimate of drug-likeness (QED) is 0.482. The van der Waals surface area contributed by atoms with Crippen molar-refractivity contribution >= 4 is 0 Å². The fourth-order valence-electron chi connectivity index (χ4n) is 0.580. The molecule has 0 aliphatic heterocycles. The summed E-state index contributed by atoms with van der Waals surface area (Å²) in [5, 5.41) is 17.8. The smallest absolute Gasteiger partial charge is 0.119 e. The molecule has 0 spiro atoms. The van der Waals surface area contributed by atoms with E-state index in [1.807, 2.05) is 0 Å². The van der Waals surface area contributed by atoms with E-state index in [0.29, 0.717) is 5.57 Å². The van der Waals surface area contributed by atoms with Crippen LogP contribution in [0.25, 0.3) is 0 Å². The maximum Gasteiger partial charge on any atom is 0.119 e. The Hall–Kier alpha value is -1.44. The first-order valence-electron chi connectivity index (χ1n) is 3.09. The topological polar surface area (TPSA) is 40.5 Å². The highest BCUT2D eigenvalue weighted by Gasteiger charge is 2.02. The first-order valence-corrected chi connectivity index (χ1v) is 3.09. The molecule has 0 atom stereocenters. The molecule has 2 nitrogen and oxygen atoms in total. The molecule has 0 unspecified atom stereocenters. The lowest BCUT2D eigenvalue weighted by atomic mass is 10.1. The number of hydrogen-bond donors (Lipinski definition) is 2. The molecule has 2 N–H and O–H groups in total. The Morgan fingerprint density at radius 3 is 1.55 bits per heavy atom. The molecule has 0 heterocycles. The van der Waals surface area contributed by atoms with Crippen molar-refractivity contribution in [2.75, 3.05) is 0 Å². The maximum atomic E-state index is 8.91. The van der Waals surface area contributed by atoms with Crippen molar-refractivity contribution in [3.63, 3.8) is 0 Å². The molecule has 0 amide bonds. The molecule has 0 radical (unpaired) electrons. The van der Waals surface area contributed by atoms with Crippen LogP contribution in [0.4, 0.5) is 0 Å². The van der Waals surface area contributed by atoms with Gasteiger partial charge in [0.15, 0.2) is 0 Å². The van der Waals surface area contributed by atoms with Gasteiger partial charge >= 0.3 is 0 Å². The lowest BCUT2D eigenvalue weighted by molar-refractivity contribution is 0.387. The molecular formula is C9H12O2. The fraction of sp³-hybridized carbons (Fsp3) is 0.111. The zero-order valence-electron chi connectivity index (χ0n) is 6.59. The zero-order chi connectivity index (χ0) is 9.02. The van der Waals surface area contributed by atoms with Crippen molar-refractivity contribution in [2.45, 2.75) is 6.92 Å². The van der Waals surface area contributed by atoms with Gasteiger partial charge in [-0.05, 0) is 13.0 Å². The van der Waals surface area contributed by atoms with Crippen molar-refractivity contribution in [3.05, 3.63) is 48.5 Å². The van der Waals surface area contributed by atoms with Crippen molar-refractivity contribution in [1.82, 2.24) is 0 Å². The van der Waals surface area contributed by atoms with E-state index in [1.54, 1.807) is 6.92 Å². The summed E-state index contributed by atoms with van der Waals surface area (Å²) in [5.41, 5.74) is 0.933. The van der Waals surface area contributed by atoms with E-state index in [1.165, 1.54) is 6.08 Å². The summed E-state index contributed by atoms with van der Waals surface area (Å²) in [6.45, 7) is 11.8. The van der Waals surface area contributed by atoms with Crippen LogP contribution in [0, 0.1) is 0 Å². The van der Waals surface area contributed by atoms with Gasteiger partial charge in [0, 0.05) is 0 Å². The third-order valence-electron chi connectivity index (χ3n) is 1.01. The predicted molar refractivity (Wildman–Crippen MR) is 46.4 cm³/mol. The lowest BCUT2D eigenvalue weighted by Crippen LogP contribution is -1.90. The Kier molecular flexibility index (Phi) is 3.18. The van der Waals surface area contributed by atoms with Gasteiger partial charge in [0.1, 0.15) is 11.5 Å². The Bertz CT molecular complexity index is 218. The minimum absolute atomic E-state index is 0.208. The van der Waals surface area contributed by atoms with Gasteiger partial charge in [-0.25, -0.2) is 0 Å². The van der Waals surface area contributed by atoms with Crippen LogP contribution in [-0.4, -0.2) is 10.2 Å². The van der Waals surface area contributed by atoms with Gasteiger partial charge in [0.05, 0.1) is 5.57 Å². The van der Waals surface area contributed by atoms with Gasteiger partial charge in [-0.3, -0.25) is 0 Å². The maximum absolute atomic E-state index is 8.91. The third-order valence-corrected chi connectivity index (χ3v) is 1.01. The van der Waals surface area contributed by atoms with Crippen LogP contribution in [0.2, 0.25) is 0 Å². The van der Waals surface area contributed by atoms with E-state index in [0.717, 1.165) is 0 Å². The molecule has 2 heteroatoms. The van der Waals surface area contributed by atoms with Gasteiger partial charge < -0.3 is 10.2 Å². The molecule has 0 saturated heterocycles. The standard InChI is InChI=1S/C9H12O2/c1-6(2)5-9(7(3)10)8(4)11/h5,10-11H,1,3-4H2,2H3. The Balaban J connectivity index is 4.75. The van der Waals surface area contributed by atoms with Crippen LogP contribution in [0.5, 0.6) is 0 Å². The Morgan fingerprint density at radius 1 is 1.09 bits per heavy atom. The van der Waals surface area contributed by atoms with Crippen LogP contribution in [0.1, 0.15) is 6.92 Å². The number of rotatable bonds is 3. The summed E-state index contributed by atoms with van der Waals surface area (Å²) >= 11 is 0. The highest BCUT2D eigenvalue weighted by Crippen LogP contribution is 2.13. The van der Waals surface area contributed by atoms with Crippen LogP contribution < -0.4 is 0 Å². The van der Waals surface area contributed by atoms with E-state index in [4.69, 9.17) is 10.2 Å². The average Bonchev–Trinajstić information content (AvgIpc) is 1.81. The summed E-state index contributed by atoms with van der Waals surface area (Å²) in [4.78, 5) is 0. The van der Waals surface area contributed by atoms with Crippen LogP contribution in [0.3, 0.4) is 0 Å². The number of allylic oxidation sites excluding steroid dienone is 2. The number of aliphatic hydroxyl groups excluding tert-OH is 2. The van der Waals surface area contributed by atoms with Crippen LogP contribution in [-0.2, 0) is 0 Å². The van der Waals surface area contributed by atoms with E-state index in [2.05, 4.69) is 19.7 Å². The van der Waals surface area contributed by atoms with Crippen molar-refractivity contribution in [2.24, 2.45) is 0 Å². The molecule has 0 aromatic heterocycles. The Labute approximate surface area is 66.5 Å². The average molecular weight is 152 g/mol. The fourth-order valence-corrected chi connectivity index (χ4v) is 0.580. The SMILES string of the molecule is C=C(C)C=C(C(=C)O)C(=C)O. The molecule has 60 valence electrons. The summed E-state index contributed by atoms with van der Waals surface area (Å²) in [5.74, 6) is -0.416. The summed E-state index contributed by atoms with van der Waals surface area (Å²) < 4.78 is 0. The summed E-state index contributed by atoms with van der Waals surface area (Å²) in [6, 6.07) is 0. The van der Waals surface area contributed by atoms with Crippen molar-refractivity contribution in [3.8, 4) is 0 Å². The van der Waals surface area contributed by atoms with Crippen LogP contribution in [0.15, 0.2) is 48.5 Å². The van der Waals surface area contributed by atoms with Gasteiger partial charge in [-0.2, -0.15) is 0 Å². The first-order chi connectivity index (χ1) is 4.95. The summed E-state index contributed by atoms with van der Waals surface area (Å²) in [7, 11) is 0. The molecule has 0 aromatic rings. The first kappa shape index (κ1) is 9.56. The number of hydrogen-bond acceptors (Lipinski definition) is 2. The Morgan fingerprint density at radius 2 is 1.45 bits per heavy atom. The van der Waals surface area contributed by atoms with Gasteiger partial charge in [0.25, 0.3) is 0 Å². The minimum Gasteiger partial charge on any atom is -0.508 e. The second-order valence-corrected chi connectivity index (χ2v) is 2.30. The van der Waals surface area contributed by atoms with E-state index in [-0.39, 0.29) is 17.1 Å². The third kappa shape index (κ3) is 3.30. The second kappa shape index (κ2) is 3.66. The second-order valence-electron chi connectivity index (χ2n) is 2.30. The molecule has 0 fully saturated rings. The van der Waals surface area contributed by atoms with E-state index < -0.39 is 0 Å². The lowest BCUT2D eigenvalue weighted by Gasteiger charge is -2.02. The molecule has 0 aliphatic rings. The molecule has 0 aromatic carbocycles. The molecule has 0 aliphatic carbocycles. The largest absolute Gasteiger partial charge is 0.508 e. The number of aliphatic hydroxyl groups is 2. The summed E-state index contributed by atoms with van der Waals surface area (Å²) in [6.07, 6.45) is 1.50. The van der Waals surface area contributed by atoms with E-state index >= 15 is 0 Å². The van der Waals surface area contributed by atoms with Crippen molar-refractivity contribution in [1.29, 1.82) is 0 Å². The van der Waals surface area contributed by atoms with E-state index in [9.17, 15) is 0 Å². The molecular weight excluding hydrogens is 140 g/mol. The minimum atomic E-state index is -0.208. The predicted octanol–water partition coefficient (Wildman–Crippen LogP) is 2.63. The monoisotopic (exact) mass is 152 g/mol. The molecule has 11 heavy (non-hydrogen) atoms. The van der Waals surface area contributed by atoms with Gasteiger partial charge in [0.2, 0.25) is 0 Å². The molecule has 0 rings (SSSR count). The normalized spacial score (nSPS) is 8.45. The van der Waals surface area contributed by atoms with Gasteiger partial charge in [-0.1, -0.05) is 25.3 Å². The van der Waals surface area contributed by atoms with Crippen molar-refractivity contribution < 1.29 is 10.2 Å². The zero-order valence-corrected chi connectivity index (χ0v) is 6.59.